The fraction of sp³-hybridized carbons (Fsp3) is 0.308. The van der Waals surface area contributed by atoms with E-state index in [0.29, 0.717) is 5.56 Å². The maximum absolute atomic E-state index is 12.3. The highest BCUT2D eigenvalue weighted by molar-refractivity contribution is 7.09. The summed E-state index contributed by atoms with van der Waals surface area (Å²) in [5.41, 5.74) is 0.767. The van der Waals surface area contributed by atoms with Crippen LogP contribution in [-0.4, -0.2) is 22.9 Å². The molecule has 6 heteroatoms. The summed E-state index contributed by atoms with van der Waals surface area (Å²) < 4.78 is 0. The van der Waals surface area contributed by atoms with E-state index in [1.165, 1.54) is 11.3 Å². The second-order valence-corrected chi connectivity index (χ2v) is 5.48. The second kappa shape index (κ2) is 5.36. The van der Waals surface area contributed by atoms with Crippen LogP contribution in [0.1, 0.15) is 29.2 Å². The average Bonchev–Trinajstić information content (AvgIpc) is 2.93. The van der Waals surface area contributed by atoms with Crippen molar-refractivity contribution in [3.63, 3.8) is 0 Å². The molecule has 0 spiro atoms. The molecule has 0 fully saturated rings. The Morgan fingerprint density at radius 1 is 1.37 bits per heavy atom. The van der Waals surface area contributed by atoms with Gasteiger partial charge >= 0.3 is 0 Å². The Bertz CT molecular complexity index is 566. The number of amides is 1. The van der Waals surface area contributed by atoms with Gasteiger partial charge in [-0.15, -0.1) is 11.3 Å². The number of thiazole rings is 1. The number of pyridine rings is 1. The molecule has 2 N–H and O–H groups in total. The third-order valence-corrected chi connectivity index (χ3v) is 3.82. The molecule has 19 heavy (non-hydrogen) atoms. The van der Waals surface area contributed by atoms with E-state index in [2.05, 4.69) is 20.6 Å². The van der Waals surface area contributed by atoms with Gasteiger partial charge in [-0.25, -0.2) is 4.98 Å². The summed E-state index contributed by atoms with van der Waals surface area (Å²) in [7, 11) is 1.78. The Balaban J connectivity index is 2.22. The zero-order valence-corrected chi connectivity index (χ0v) is 11.9. The van der Waals surface area contributed by atoms with Gasteiger partial charge in [0.1, 0.15) is 5.01 Å². The maximum Gasteiger partial charge on any atom is 0.255 e. The van der Waals surface area contributed by atoms with Crippen LogP contribution in [0.2, 0.25) is 0 Å². The van der Waals surface area contributed by atoms with Crippen LogP contribution in [0.4, 0.5) is 5.69 Å². The van der Waals surface area contributed by atoms with E-state index in [-0.39, 0.29) is 5.91 Å². The Labute approximate surface area is 116 Å². The monoisotopic (exact) mass is 276 g/mol. The number of carbonyl (C=O) groups excluding carboxylic acids is 1. The van der Waals surface area contributed by atoms with Crippen molar-refractivity contribution in [2.24, 2.45) is 0 Å². The van der Waals surface area contributed by atoms with Crippen LogP contribution in [0.15, 0.2) is 30.0 Å². The van der Waals surface area contributed by atoms with Crippen molar-refractivity contribution < 1.29 is 4.79 Å². The van der Waals surface area contributed by atoms with Crippen molar-refractivity contribution in [1.82, 2.24) is 15.3 Å². The van der Waals surface area contributed by atoms with Crippen LogP contribution in [0.25, 0.3) is 0 Å². The van der Waals surface area contributed by atoms with E-state index in [4.69, 9.17) is 0 Å². The molecule has 0 bridgehead atoms. The summed E-state index contributed by atoms with van der Waals surface area (Å²) in [5, 5.41) is 8.73. The second-order valence-electron chi connectivity index (χ2n) is 4.59. The first kappa shape index (κ1) is 13.5. The summed E-state index contributed by atoms with van der Waals surface area (Å²) >= 11 is 1.52. The van der Waals surface area contributed by atoms with Gasteiger partial charge in [-0.05, 0) is 19.9 Å². The van der Waals surface area contributed by atoms with Crippen molar-refractivity contribution in [2.75, 3.05) is 12.4 Å². The fourth-order valence-electron chi connectivity index (χ4n) is 1.73. The SMILES string of the molecule is CNc1ccncc1C(=O)NC(C)(C)c1nccs1. The Morgan fingerprint density at radius 2 is 2.16 bits per heavy atom. The van der Waals surface area contributed by atoms with E-state index in [1.807, 2.05) is 19.2 Å². The average molecular weight is 276 g/mol. The first-order valence-electron chi connectivity index (χ1n) is 5.89. The molecule has 0 aliphatic carbocycles. The lowest BCUT2D eigenvalue weighted by Gasteiger charge is -2.24. The highest BCUT2D eigenvalue weighted by Crippen LogP contribution is 2.23. The van der Waals surface area contributed by atoms with E-state index >= 15 is 0 Å². The number of aromatic nitrogens is 2. The van der Waals surface area contributed by atoms with Crippen molar-refractivity contribution in [3.8, 4) is 0 Å². The van der Waals surface area contributed by atoms with Gasteiger partial charge < -0.3 is 10.6 Å². The fourth-order valence-corrected chi connectivity index (χ4v) is 2.45. The van der Waals surface area contributed by atoms with E-state index in [1.54, 1.807) is 31.7 Å². The molecule has 2 aromatic heterocycles. The molecule has 0 aromatic carbocycles. The number of carbonyl (C=O) groups is 1. The van der Waals surface area contributed by atoms with Crippen LogP contribution in [0, 0.1) is 0 Å². The van der Waals surface area contributed by atoms with E-state index in [0.717, 1.165) is 10.7 Å². The van der Waals surface area contributed by atoms with Crippen LogP contribution in [0.3, 0.4) is 0 Å². The lowest BCUT2D eigenvalue weighted by Crippen LogP contribution is -2.41. The molecule has 100 valence electrons. The number of nitrogens with one attached hydrogen (secondary N) is 2. The molecule has 2 rings (SSSR count). The van der Waals surface area contributed by atoms with Crippen molar-refractivity contribution in [2.45, 2.75) is 19.4 Å². The van der Waals surface area contributed by atoms with Crippen LogP contribution < -0.4 is 10.6 Å². The number of anilines is 1. The van der Waals surface area contributed by atoms with Gasteiger partial charge in [-0.2, -0.15) is 0 Å². The zero-order valence-electron chi connectivity index (χ0n) is 11.1. The predicted molar refractivity (Wildman–Crippen MR) is 76.4 cm³/mol. The molecule has 0 unspecified atom stereocenters. The molecular formula is C13H16N4OS. The topological polar surface area (TPSA) is 66.9 Å². The third-order valence-electron chi connectivity index (χ3n) is 2.73. The summed E-state index contributed by atoms with van der Waals surface area (Å²) in [4.78, 5) is 20.6. The number of rotatable bonds is 4. The number of hydrogen-bond donors (Lipinski definition) is 2. The molecule has 5 nitrogen and oxygen atoms in total. The summed E-state index contributed by atoms with van der Waals surface area (Å²) in [5.74, 6) is -0.169. The lowest BCUT2D eigenvalue weighted by atomic mass is 10.1. The highest BCUT2D eigenvalue weighted by Gasteiger charge is 2.26. The molecule has 0 saturated carbocycles. The summed E-state index contributed by atoms with van der Waals surface area (Å²) in [6.07, 6.45) is 4.94. The van der Waals surface area contributed by atoms with Gasteiger partial charge in [0.25, 0.3) is 5.91 Å². The molecular weight excluding hydrogens is 260 g/mol. The largest absolute Gasteiger partial charge is 0.387 e. The van der Waals surface area contributed by atoms with Crippen LogP contribution >= 0.6 is 11.3 Å². The first-order valence-corrected chi connectivity index (χ1v) is 6.77. The number of hydrogen-bond acceptors (Lipinski definition) is 5. The minimum absolute atomic E-state index is 0.169. The molecule has 0 saturated heterocycles. The molecule has 2 aromatic rings. The molecule has 0 radical (unpaired) electrons. The zero-order chi connectivity index (χ0) is 13.9. The highest BCUT2D eigenvalue weighted by atomic mass is 32.1. The first-order chi connectivity index (χ1) is 9.04. The Morgan fingerprint density at radius 3 is 2.79 bits per heavy atom. The van der Waals surface area contributed by atoms with E-state index < -0.39 is 5.54 Å². The van der Waals surface area contributed by atoms with Gasteiger partial charge in [0.2, 0.25) is 0 Å². The van der Waals surface area contributed by atoms with Crippen LogP contribution in [0.5, 0.6) is 0 Å². The van der Waals surface area contributed by atoms with Crippen molar-refractivity contribution in [1.29, 1.82) is 0 Å². The Hall–Kier alpha value is -1.95. The van der Waals surface area contributed by atoms with Gasteiger partial charge in [-0.3, -0.25) is 9.78 Å². The summed E-state index contributed by atoms with van der Waals surface area (Å²) in [6, 6.07) is 1.77. The quantitative estimate of drug-likeness (QED) is 0.898. The maximum atomic E-state index is 12.3. The van der Waals surface area contributed by atoms with Gasteiger partial charge in [0.05, 0.1) is 11.1 Å². The smallest absolute Gasteiger partial charge is 0.255 e. The van der Waals surface area contributed by atoms with Gasteiger partial charge in [0, 0.05) is 36.7 Å². The molecule has 1 amide bonds. The molecule has 2 heterocycles. The van der Waals surface area contributed by atoms with Crippen molar-refractivity contribution in [3.05, 3.63) is 40.6 Å². The third kappa shape index (κ3) is 2.90. The molecule has 0 aliphatic heterocycles. The van der Waals surface area contributed by atoms with Crippen molar-refractivity contribution >= 4 is 22.9 Å². The molecule has 0 atom stereocenters. The van der Waals surface area contributed by atoms with Crippen LogP contribution in [-0.2, 0) is 5.54 Å². The normalized spacial score (nSPS) is 11.1. The Kier molecular flexibility index (Phi) is 3.80. The predicted octanol–water partition coefficient (Wildman–Crippen LogP) is 2.24. The molecule has 0 aliphatic rings. The van der Waals surface area contributed by atoms with E-state index in [9.17, 15) is 4.79 Å². The van der Waals surface area contributed by atoms with Gasteiger partial charge in [0.15, 0.2) is 0 Å². The minimum atomic E-state index is -0.508. The minimum Gasteiger partial charge on any atom is -0.387 e. The number of nitrogens with zero attached hydrogens (tertiary/aromatic N) is 2. The lowest BCUT2D eigenvalue weighted by molar-refractivity contribution is 0.0912. The van der Waals surface area contributed by atoms with Gasteiger partial charge in [-0.1, -0.05) is 0 Å². The summed E-state index contributed by atoms with van der Waals surface area (Å²) in [6.45, 7) is 3.86. The standard InChI is InChI=1S/C13H16N4OS/c1-13(2,12-16-6-7-19-12)17-11(18)9-8-15-5-4-10(9)14-3/h4-8H,1-3H3,(H,14,15)(H,17,18).